The molecular formula is C19H33FN2O5. The highest BCUT2D eigenvalue weighted by Gasteiger charge is 2.55. The highest BCUT2D eigenvalue weighted by atomic mass is 19.1. The van der Waals surface area contributed by atoms with Crippen LogP contribution in [-0.4, -0.2) is 70.8 Å². The molecule has 1 unspecified atom stereocenters. The normalized spacial score (nSPS) is 17.8. The van der Waals surface area contributed by atoms with Crippen molar-refractivity contribution >= 4 is 18.0 Å². The summed E-state index contributed by atoms with van der Waals surface area (Å²) >= 11 is 0. The van der Waals surface area contributed by atoms with Crippen molar-refractivity contribution in [2.75, 3.05) is 20.1 Å². The van der Waals surface area contributed by atoms with E-state index in [2.05, 4.69) is 0 Å². The minimum absolute atomic E-state index is 0.264. The lowest BCUT2D eigenvalue weighted by atomic mass is 9.93. The molecule has 7 nitrogen and oxygen atoms in total. The van der Waals surface area contributed by atoms with E-state index in [1.54, 1.807) is 55.4 Å². The molecular weight excluding hydrogens is 355 g/mol. The van der Waals surface area contributed by atoms with E-state index in [1.165, 1.54) is 7.05 Å². The average molecular weight is 388 g/mol. The van der Waals surface area contributed by atoms with Crippen LogP contribution in [-0.2, 0) is 19.1 Å². The van der Waals surface area contributed by atoms with Crippen molar-refractivity contribution in [1.29, 1.82) is 0 Å². The number of halogens is 1. The van der Waals surface area contributed by atoms with Gasteiger partial charge in [0.1, 0.15) is 17.2 Å². The molecule has 0 aliphatic carbocycles. The Balaban J connectivity index is 2.82. The second kappa shape index (κ2) is 7.64. The van der Waals surface area contributed by atoms with Gasteiger partial charge in [0.15, 0.2) is 0 Å². The molecule has 0 N–H and O–H groups in total. The Labute approximate surface area is 161 Å². The van der Waals surface area contributed by atoms with E-state index in [9.17, 15) is 14.4 Å². The third kappa shape index (κ3) is 6.07. The van der Waals surface area contributed by atoms with Gasteiger partial charge in [-0.1, -0.05) is 13.8 Å². The van der Waals surface area contributed by atoms with Crippen molar-refractivity contribution in [3.05, 3.63) is 0 Å². The third-order valence-electron chi connectivity index (χ3n) is 3.94. The van der Waals surface area contributed by atoms with Gasteiger partial charge in [-0.3, -0.25) is 4.79 Å². The predicted molar refractivity (Wildman–Crippen MR) is 98.9 cm³/mol. The van der Waals surface area contributed by atoms with E-state index in [0.717, 1.165) is 9.80 Å². The van der Waals surface area contributed by atoms with Gasteiger partial charge in [0.25, 0.3) is 5.91 Å². The first-order valence-electron chi connectivity index (χ1n) is 9.14. The predicted octanol–water partition coefficient (Wildman–Crippen LogP) is 2.77. The second-order valence-electron chi connectivity index (χ2n) is 9.44. The van der Waals surface area contributed by atoms with Gasteiger partial charge < -0.3 is 19.3 Å². The maximum Gasteiger partial charge on any atom is 0.410 e. The van der Waals surface area contributed by atoms with Crippen molar-refractivity contribution in [3.63, 3.8) is 0 Å². The number of nitrogens with zero attached hydrogens (tertiary/aromatic N) is 2. The number of alkyl halides is 1. The number of amides is 2. The van der Waals surface area contributed by atoms with Crippen LogP contribution in [0.15, 0.2) is 0 Å². The topological polar surface area (TPSA) is 76.2 Å². The Kier molecular flexibility index (Phi) is 6.56. The zero-order valence-electron chi connectivity index (χ0n) is 17.9. The van der Waals surface area contributed by atoms with Crippen LogP contribution in [0.4, 0.5) is 9.18 Å². The van der Waals surface area contributed by atoms with E-state index >= 15 is 4.39 Å². The standard InChI is InChI=1S/C19H33FN2O5/c1-12(2)13(14(23)26-17(3,4)5)21(9)15(24)19(20)10-22(11-19)16(25)27-18(6,7)8/h12-13H,10-11H2,1-9H3. The van der Waals surface area contributed by atoms with Crippen LogP contribution in [0.25, 0.3) is 0 Å². The van der Waals surface area contributed by atoms with E-state index in [1.807, 2.05) is 0 Å². The summed E-state index contributed by atoms with van der Waals surface area (Å²) in [6.45, 7) is 13.0. The highest BCUT2D eigenvalue weighted by Crippen LogP contribution is 2.30. The summed E-state index contributed by atoms with van der Waals surface area (Å²) in [6.07, 6.45) is -0.668. The highest BCUT2D eigenvalue weighted by molar-refractivity contribution is 5.92. The molecule has 1 rings (SSSR count). The summed E-state index contributed by atoms with van der Waals surface area (Å²) < 4.78 is 25.6. The van der Waals surface area contributed by atoms with E-state index in [-0.39, 0.29) is 5.92 Å². The van der Waals surface area contributed by atoms with Gasteiger partial charge in [-0.2, -0.15) is 0 Å². The first-order valence-corrected chi connectivity index (χ1v) is 9.14. The quantitative estimate of drug-likeness (QED) is 0.692. The van der Waals surface area contributed by atoms with Crippen LogP contribution in [0, 0.1) is 5.92 Å². The smallest absolute Gasteiger partial charge is 0.410 e. The minimum Gasteiger partial charge on any atom is -0.458 e. The third-order valence-corrected chi connectivity index (χ3v) is 3.94. The Bertz CT molecular complexity index is 586. The van der Waals surface area contributed by atoms with Crippen LogP contribution in [0.5, 0.6) is 0 Å². The fourth-order valence-electron chi connectivity index (χ4n) is 2.83. The van der Waals surface area contributed by atoms with Gasteiger partial charge in [-0.25, -0.2) is 14.0 Å². The average Bonchev–Trinajstić information content (AvgIpc) is 2.38. The summed E-state index contributed by atoms with van der Waals surface area (Å²) in [4.78, 5) is 39.4. The van der Waals surface area contributed by atoms with Crippen molar-refractivity contribution in [1.82, 2.24) is 9.80 Å². The maximum atomic E-state index is 15.0. The van der Waals surface area contributed by atoms with Crippen LogP contribution < -0.4 is 0 Å². The number of likely N-dealkylation sites (tertiary alicyclic amines) is 1. The first-order chi connectivity index (χ1) is 12.0. The second-order valence-corrected chi connectivity index (χ2v) is 9.44. The van der Waals surface area contributed by atoms with E-state index < -0.39 is 54.0 Å². The summed E-state index contributed by atoms with van der Waals surface area (Å²) in [7, 11) is 1.38. The van der Waals surface area contributed by atoms with Crippen LogP contribution in [0.1, 0.15) is 55.4 Å². The van der Waals surface area contributed by atoms with Crippen molar-refractivity contribution in [3.8, 4) is 0 Å². The molecule has 0 aromatic rings. The largest absolute Gasteiger partial charge is 0.458 e. The maximum absolute atomic E-state index is 15.0. The van der Waals surface area contributed by atoms with E-state index in [0.29, 0.717) is 0 Å². The molecule has 1 aliphatic heterocycles. The van der Waals surface area contributed by atoms with Gasteiger partial charge in [0, 0.05) is 7.05 Å². The van der Waals surface area contributed by atoms with Gasteiger partial charge in [0.05, 0.1) is 13.1 Å². The molecule has 1 heterocycles. The number of ether oxygens (including phenoxy) is 2. The molecule has 1 fully saturated rings. The molecule has 0 aromatic carbocycles. The zero-order valence-corrected chi connectivity index (χ0v) is 17.9. The molecule has 2 amide bonds. The molecule has 156 valence electrons. The van der Waals surface area contributed by atoms with Crippen LogP contribution in [0.3, 0.4) is 0 Å². The molecule has 27 heavy (non-hydrogen) atoms. The first kappa shape index (κ1) is 23.2. The number of esters is 1. The van der Waals surface area contributed by atoms with Crippen molar-refractivity contribution < 1.29 is 28.2 Å². The van der Waals surface area contributed by atoms with Crippen molar-refractivity contribution in [2.45, 2.75) is 78.3 Å². The molecule has 8 heteroatoms. The molecule has 0 bridgehead atoms. The number of carbonyl (C=O) groups is 3. The Morgan fingerprint density at radius 1 is 1.00 bits per heavy atom. The summed E-state index contributed by atoms with van der Waals surface area (Å²) in [6, 6.07) is -0.917. The Morgan fingerprint density at radius 3 is 1.81 bits per heavy atom. The summed E-state index contributed by atoms with van der Waals surface area (Å²) in [5.74, 6) is -1.69. The van der Waals surface area contributed by atoms with Crippen LogP contribution >= 0.6 is 0 Å². The minimum atomic E-state index is -2.24. The fraction of sp³-hybridized carbons (Fsp3) is 0.842. The van der Waals surface area contributed by atoms with Gasteiger partial charge >= 0.3 is 12.1 Å². The summed E-state index contributed by atoms with van der Waals surface area (Å²) in [5.41, 5.74) is -3.65. The Hall–Kier alpha value is -1.86. The number of hydrogen-bond donors (Lipinski definition) is 0. The number of likely N-dealkylation sites (N-methyl/N-ethyl adjacent to an activating group) is 1. The zero-order chi connectivity index (χ0) is 21.4. The van der Waals surface area contributed by atoms with E-state index in [4.69, 9.17) is 9.47 Å². The van der Waals surface area contributed by atoms with Gasteiger partial charge in [0.2, 0.25) is 5.67 Å². The summed E-state index contributed by atoms with van der Waals surface area (Å²) in [5, 5.41) is 0. The monoisotopic (exact) mass is 388 g/mol. The van der Waals surface area contributed by atoms with Gasteiger partial charge in [-0.05, 0) is 47.5 Å². The SMILES string of the molecule is CC(C)C(C(=O)OC(C)(C)C)N(C)C(=O)C1(F)CN(C(=O)OC(C)(C)C)C1. The molecule has 1 aliphatic rings. The fourth-order valence-corrected chi connectivity index (χ4v) is 2.83. The molecule has 1 atom stereocenters. The Morgan fingerprint density at radius 2 is 1.44 bits per heavy atom. The molecule has 0 aromatic heterocycles. The number of carbonyl (C=O) groups excluding carboxylic acids is 3. The lowest BCUT2D eigenvalue weighted by molar-refractivity contribution is -0.172. The number of rotatable bonds is 4. The molecule has 0 saturated carbocycles. The number of hydrogen-bond acceptors (Lipinski definition) is 5. The molecule has 0 radical (unpaired) electrons. The van der Waals surface area contributed by atoms with Crippen molar-refractivity contribution in [2.24, 2.45) is 5.92 Å². The lowest BCUT2D eigenvalue weighted by Crippen LogP contribution is -2.69. The van der Waals surface area contributed by atoms with Crippen LogP contribution in [0.2, 0.25) is 0 Å². The van der Waals surface area contributed by atoms with Gasteiger partial charge in [-0.15, -0.1) is 0 Å². The molecule has 0 spiro atoms. The molecule has 1 saturated heterocycles. The lowest BCUT2D eigenvalue weighted by Gasteiger charge is -2.45.